The normalized spacial score (nSPS) is 20.3. The molecule has 5 rings (SSSR count). The Morgan fingerprint density at radius 1 is 0.969 bits per heavy atom. The molecule has 32 heavy (non-hydrogen) atoms. The second kappa shape index (κ2) is 10.5. The number of nitrogens with one attached hydrogen (secondary N) is 1. The fourth-order valence-electron chi connectivity index (χ4n) is 5.47. The summed E-state index contributed by atoms with van der Waals surface area (Å²) >= 11 is 0. The zero-order chi connectivity index (χ0) is 21.1. The third-order valence-corrected chi connectivity index (χ3v) is 7.37. The first-order valence-electron chi connectivity index (χ1n) is 12.2. The molecule has 5 heteroatoms. The first-order valence-corrected chi connectivity index (χ1v) is 12.2. The van der Waals surface area contributed by atoms with Crippen LogP contribution in [0.25, 0.3) is 0 Å². The van der Waals surface area contributed by atoms with Gasteiger partial charge in [-0.1, -0.05) is 44.4 Å². The molecule has 0 bridgehead atoms. The van der Waals surface area contributed by atoms with E-state index in [2.05, 4.69) is 41.4 Å². The molecule has 1 aliphatic carbocycles. The molecule has 1 unspecified atom stereocenters. The molecule has 4 nitrogen and oxygen atoms in total. The molecule has 2 aromatic carbocycles. The van der Waals surface area contributed by atoms with E-state index in [1.165, 1.54) is 63.6 Å². The molecule has 0 aromatic heterocycles. The average Bonchev–Trinajstić information content (AvgIpc) is 3.32. The number of halogens is 1. The molecule has 2 fully saturated rings. The van der Waals surface area contributed by atoms with Crippen LogP contribution in [0.3, 0.4) is 0 Å². The molecule has 2 heterocycles. The Hall–Kier alpha value is -1.75. The quantitative estimate of drug-likeness (QED) is 0.417. The smallest absolute Gasteiger partial charge is 0.151 e. The fourth-order valence-corrected chi connectivity index (χ4v) is 5.47. The van der Waals surface area contributed by atoms with Crippen molar-refractivity contribution in [3.8, 4) is 11.5 Å². The summed E-state index contributed by atoms with van der Waals surface area (Å²) in [7, 11) is 0. The Bertz CT molecular complexity index is 891. The molecule has 1 saturated heterocycles. The zero-order valence-corrected chi connectivity index (χ0v) is 20.1. The van der Waals surface area contributed by atoms with Gasteiger partial charge in [0.15, 0.2) is 11.5 Å². The summed E-state index contributed by atoms with van der Waals surface area (Å²) in [5.41, 5.74) is 3.78. The third kappa shape index (κ3) is 5.41. The van der Waals surface area contributed by atoms with Crippen molar-refractivity contribution in [3.05, 3.63) is 48.0 Å². The summed E-state index contributed by atoms with van der Waals surface area (Å²) in [5.74, 6) is 1.82. The lowest BCUT2D eigenvalue weighted by Crippen LogP contribution is -2.39. The lowest BCUT2D eigenvalue weighted by molar-refractivity contribution is 0.00347. The number of rotatable bonds is 7. The van der Waals surface area contributed by atoms with E-state index >= 15 is 0 Å². The van der Waals surface area contributed by atoms with Crippen LogP contribution >= 0.6 is 12.4 Å². The number of para-hydroxylation sites is 2. The third-order valence-electron chi connectivity index (χ3n) is 7.37. The van der Waals surface area contributed by atoms with Crippen molar-refractivity contribution in [2.24, 2.45) is 5.41 Å². The fraction of sp³-hybridized carbons (Fsp3) is 0.556. The minimum atomic E-state index is 0. The van der Waals surface area contributed by atoms with E-state index in [9.17, 15) is 0 Å². The van der Waals surface area contributed by atoms with Crippen LogP contribution in [0, 0.1) is 5.41 Å². The lowest BCUT2D eigenvalue weighted by Gasteiger charge is -2.35. The van der Waals surface area contributed by atoms with Gasteiger partial charge in [-0.15, -0.1) is 12.4 Å². The Balaban J connectivity index is 0.00000245. The van der Waals surface area contributed by atoms with E-state index in [1.54, 1.807) is 0 Å². The molecule has 2 aromatic rings. The van der Waals surface area contributed by atoms with Gasteiger partial charge in [-0.3, -0.25) is 4.90 Å². The molecule has 0 radical (unpaired) electrons. The van der Waals surface area contributed by atoms with E-state index in [0.717, 1.165) is 42.5 Å². The number of hydrogen-bond donors (Lipinski definition) is 1. The van der Waals surface area contributed by atoms with E-state index in [4.69, 9.17) is 9.47 Å². The maximum absolute atomic E-state index is 6.40. The van der Waals surface area contributed by atoms with Gasteiger partial charge in [0.1, 0.15) is 0 Å². The van der Waals surface area contributed by atoms with Gasteiger partial charge in [-0.05, 0) is 80.4 Å². The lowest BCUT2D eigenvalue weighted by atomic mass is 9.76. The van der Waals surface area contributed by atoms with Crippen molar-refractivity contribution < 1.29 is 9.47 Å². The van der Waals surface area contributed by atoms with Gasteiger partial charge in [0.05, 0.1) is 24.6 Å². The zero-order valence-electron chi connectivity index (χ0n) is 19.3. The SMILES string of the molecule is CC1(COCC(Cc2ccc3c(c2)Oc2ccccc2N3)N2CCCC2)CCCCC1.Cl. The highest BCUT2D eigenvalue weighted by Gasteiger charge is 2.29. The Morgan fingerprint density at radius 2 is 1.72 bits per heavy atom. The van der Waals surface area contributed by atoms with Crippen LogP contribution in [0.4, 0.5) is 11.4 Å². The summed E-state index contributed by atoms with van der Waals surface area (Å²) in [6.07, 6.45) is 10.4. The number of hydrogen-bond acceptors (Lipinski definition) is 4. The predicted octanol–water partition coefficient (Wildman–Crippen LogP) is 6.95. The summed E-state index contributed by atoms with van der Waals surface area (Å²) < 4.78 is 12.6. The van der Waals surface area contributed by atoms with Crippen molar-refractivity contribution in [2.45, 2.75) is 64.3 Å². The maximum atomic E-state index is 6.40. The van der Waals surface area contributed by atoms with Crippen LogP contribution < -0.4 is 10.1 Å². The van der Waals surface area contributed by atoms with Gasteiger partial charge in [-0.25, -0.2) is 0 Å². The van der Waals surface area contributed by atoms with Crippen LogP contribution in [0.2, 0.25) is 0 Å². The van der Waals surface area contributed by atoms with Gasteiger partial charge < -0.3 is 14.8 Å². The molecule has 3 aliphatic rings. The molecule has 0 amide bonds. The highest BCUT2D eigenvalue weighted by molar-refractivity contribution is 5.85. The Kier molecular flexibility index (Phi) is 7.65. The second-order valence-corrected chi connectivity index (χ2v) is 10.0. The minimum absolute atomic E-state index is 0. The molecule has 174 valence electrons. The summed E-state index contributed by atoms with van der Waals surface area (Å²) in [6.45, 7) is 6.55. The maximum Gasteiger partial charge on any atom is 0.151 e. The monoisotopic (exact) mass is 456 g/mol. The summed E-state index contributed by atoms with van der Waals surface area (Å²) in [6, 6.07) is 15.2. The van der Waals surface area contributed by atoms with Crippen LogP contribution in [0.5, 0.6) is 11.5 Å². The van der Waals surface area contributed by atoms with Gasteiger partial charge in [0.2, 0.25) is 0 Å². The summed E-state index contributed by atoms with van der Waals surface area (Å²) in [5, 5.41) is 3.49. The first kappa shape index (κ1) is 23.4. The van der Waals surface area contributed by atoms with Gasteiger partial charge in [-0.2, -0.15) is 0 Å². The van der Waals surface area contributed by atoms with Crippen molar-refractivity contribution in [3.63, 3.8) is 0 Å². The molecule has 1 saturated carbocycles. The Labute approximate surface area is 199 Å². The van der Waals surface area contributed by atoms with Crippen molar-refractivity contribution in [1.29, 1.82) is 0 Å². The second-order valence-electron chi connectivity index (χ2n) is 10.0. The predicted molar refractivity (Wildman–Crippen MR) is 134 cm³/mol. The van der Waals surface area contributed by atoms with Crippen LogP contribution in [0.15, 0.2) is 42.5 Å². The van der Waals surface area contributed by atoms with Crippen molar-refractivity contribution >= 4 is 23.8 Å². The van der Waals surface area contributed by atoms with Crippen LogP contribution in [-0.4, -0.2) is 37.2 Å². The number of nitrogens with zero attached hydrogens (tertiary/aromatic N) is 1. The number of ether oxygens (including phenoxy) is 2. The molecule has 1 atom stereocenters. The molecule has 1 N–H and O–H groups in total. The number of likely N-dealkylation sites (tertiary alicyclic amines) is 1. The number of anilines is 2. The average molecular weight is 457 g/mol. The highest BCUT2D eigenvalue weighted by atomic mass is 35.5. The van der Waals surface area contributed by atoms with E-state index in [0.29, 0.717) is 11.5 Å². The van der Waals surface area contributed by atoms with Crippen molar-refractivity contribution in [1.82, 2.24) is 4.90 Å². The number of benzene rings is 2. The standard InChI is InChI=1S/C27H36N2O2.ClH/c1-27(13-5-2-6-14-27)20-30-19-22(29-15-7-8-16-29)17-21-11-12-24-26(18-21)31-25-10-4-3-9-23(25)28-24;/h3-4,9-12,18,22,28H,2,5-8,13-17,19-20H2,1H3;1H. The minimum Gasteiger partial charge on any atom is -0.453 e. The largest absolute Gasteiger partial charge is 0.453 e. The topological polar surface area (TPSA) is 33.7 Å². The number of fused-ring (bicyclic) bond motifs is 2. The van der Waals surface area contributed by atoms with Gasteiger partial charge in [0.25, 0.3) is 0 Å². The van der Waals surface area contributed by atoms with E-state index in [-0.39, 0.29) is 12.4 Å². The summed E-state index contributed by atoms with van der Waals surface area (Å²) in [4.78, 5) is 2.64. The van der Waals surface area contributed by atoms with E-state index in [1.807, 2.05) is 18.2 Å². The molecular formula is C27H37ClN2O2. The van der Waals surface area contributed by atoms with Crippen LogP contribution in [0.1, 0.15) is 57.4 Å². The molecular weight excluding hydrogens is 420 g/mol. The highest BCUT2D eigenvalue weighted by Crippen LogP contribution is 2.42. The molecule has 2 aliphatic heterocycles. The first-order chi connectivity index (χ1) is 15.2. The van der Waals surface area contributed by atoms with Crippen LogP contribution in [-0.2, 0) is 11.2 Å². The van der Waals surface area contributed by atoms with Crippen molar-refractivity contribution in [2.75, 3.05) is 31.6 Å². The Morgan fingerprint density at radius 3 is 2.53 bits per heavy atom. The van der Waals surface area contributed by atoms with E-state index < -0.39 is 0 Å². The van der Waals surface area contributed by atoms with Gasteiger partial charge >= 0.3 is 0 Å². The van der Waals surface area contributed by atoms with Gasteiger partial charge in [0, 0.05) is 6.04 Å². The molecule has 0 spiro atoms.